The molecule has 1 saturated carbocycles. The molecule has 1 aromatic heterocycles. The highest BCUT2D eigenvalue weighted by Crippen LogP contribution is 2.31. The highest BCUT2D eigenvalue weighted by Gasteiger charge is 2.34. The Balaban J connectivity index is 2.24. The predicted octanol–water partition coefficient (Wildman–Crippen LogP) is 2.43. The molecule has 2 rings (SSSR count). The SMILES string of the molecule is CN([C@@H]1CCCC[C@@H]1O)S(=O)(=O)c1ccc(Br)s1. The number of likely N-dealkylation sites (N-methyl/N-ethyl adjacent to an activating group) is 1. The van der Waals surface area contributed by atoms with Crippen molar-refractivity contribution in [2.24, 2.45) is 0 Å². The van der Waals surface area contributed by atoms with E-state index in [0.29, 0.717) is 10.6 Å². The van der Waals surface area contributed by atoms with Crippen molar-refractivity contribution in [1.29, 1.82) is 0 Å². The zero-order chi connectivity index (χ0) is 13.3. The van der Waals surface area contributed by atoms with Crippen LogP contribution in [0.4, 0.5) is 0 Å². The van der Waals surface area contributed by atoms with Gasteiger partial charge in [-0.1, -0.05) is 12.8 Å². The molecule has 1 aromatic rings. The third kappa shape index (κ3) is 2.80. The van der Waals surface area contributed by atoms with Gasteiger partial charge in [-0.3, -0.25) is 0 Å². The van der Waals surface area contributed by atoms with Crippen molar-refractivity contribution in [3.8, 4) is 0 Å². The van der Waals surface area contributed by atoms with E-state index >= 15 is 0 Å². The Kier molecular flexibility index (Phi) is 4.48. The number of hydrogen-bond acceptors (Lipinski definition) is 4. The van der Waals surface area contributed by atoms with Crippen molar-refractivity contribution in [1.82, 2.24) is 4.31 Å². The Hall–Kier alpha value is 0.0500. The lowest BCUT2D eigenvalue weighted by Crippen LogP contribution is -2.45. The van der Waals surface area contributed by atoms with E-state index in [9.17, 15) is 13.5 Å². The summed E-state index contributed by atoms with van der Waals surface area (Å²) in [7, 11) is -1.93. The van der Waals surface area contributed by atoms with Gasteiger partial charge in [-0.25, -0.2) is 8.42 Å². The van der Waals surface area contributed by atoms with E-state index in [1.165, 1.54) is 15.6 Å². The second kappa shape index (κ2) is 5.58. The van der Waals surface area contributed by atoms with Gasteiger partial charge in [0, 0.05) is 7.05 Å². The van der Waals surface area contributed by atoms with Gasteiger partial charge in [-0.2, -0.15) is 4.31 Å². The number of hydrogen-bond donors (Lipinski definition) is 1. The van der Waals surface area contributed by atoms with Crippen molar-refractivity contribution in [3.63, 3.8) is 0 Å². The molecule has 4 nitrogen and oxygen atoms in total. The Morgan fingerprint density at radius 3 is 2.61 bits per heavy atom. The van der Waals surface area contributed by atoms with Gasteiger partial charge in [0.2, 0.25) is 0 Å². The average Bonchev–Trinajstić information content (AvgIpc) is 2.76. The molecule has 0 spiro atoms. The van der Waals surface area contributed by atoms with Gasteiger partial charge in [0.15, 0.2) is 0 Å². The summed E-state index contributed by atoms with van der Waals surface area (Å²) in [5.41, 5.74) is 0. The molecule has 0 bridgehead atoms. The summed E-state index contributed by atoms with van der Waals surface area (Å²) in [5.74, 6) is 0. The molecular weight excluding hydrogens is 338 g/mol. The zero-order valence-corrected chi connectivity index (χ0v) is 13.3. The molecule has 1 aliphatic rings. The van der Waals surface area contributed by atoms with Crippen LogP contribution in [0.5, 0.6) is 0 Å². The van der Waals surface area contributed by atoms with Gasteiger partial charge in [0.05, 0.1) is 15.9 Å². The molecule has 0 unspecified atom stereocenters. The van der Waals surface area contributed by atoms with Crippen molar-refractivity contribution in [3.05, 3.63) is 15.9 Å². The lowest BCUT2D eigenvalue weighted by Gasteiger charge is -2.34. The number of aliphatic hydroxyl groups excluding tert-OH is 1. The van der Waals surface area contributed by atoms with E-state index < -0.39 is 16.1 Å². The largest absolute Gasteiger partial charge is 0.391 e. The summed E-state index contributed by atoms with van der Waals surface area (Å²) in [5, 5.41) is 9.94. The van der Waals surface area contributed by atoms with Crippen molar-refractivity contribution < 1.29 is 13.5 Å². The molecule has 102 valence electrons. The monoisotopic (exact) mass is 353 g/mol. The molecule has 18 heavy (non-hydrogen) atoms. The van der Waals surface area contributed by atoms with Gasteiger partial charge in [-0.15, -0.1) is 11.3 Å². The van der Waals surface area contributed by atoms with Crippen LogP contribution in [0.3, 0.4) is 0 Å². The first-order valence-electron chi connectivity index (χ1n) is 5.84. The van der Waals surface area contributed by atoms with Crippen LogP contribution < -0.4 is 0 Å². The van der Waals surface area contributed by atoms with Crippen LogP contribution in [-0.4, -0.2) is 37.0 Å². The molecule has 1 N–H and O–H groups in total. The number of rotatable bonds is 3. The van der Waals surface area contributed by atoms with Gasteiger partial charge < -0.3 is 5.11 Å². The first kappa shape index (κ1) is 14.5. The summed E-state index contributed by atoms with van der Waals surface area (Å²) < 4.78 is 27.2. The number of sulfonamides is 1. The quantitative estimate of drug-likeness (QED) is 0.907. The molecule has 1 heterocycles. The molecule has 0 aliphatic heterocycles. The average molecular weight is 354 g/mol. The summed E-state index contributed by atoms with van der Waals surface area (Å²) in [6.07, 6.45) is 2.79. The molecule has 7 heteroatoms. The van der Waals surface area contributed by atoms with E-state index in [0.717, 1.165) is 23.0 Å². The molecule has 0 amide bonds. The fourth-order valence-electron chi connectivity index (χ4n) is 2.27. The molecule has 1 fully saturated rings. The van der Waals surface area contributed by atoms with E-state index in [2.05, 4.69) is 15.9 Å². The van der Waals surface area contributed by atoms with Crippen LogP contribution in [0.1, 0.15) is 25.7 Å². The number of aliphatic hydroxyl groups is 1. The lowest BCUT2D eigenvalue weighted by molar-refractivity contribution is 0.0638. The van der Waals surface area contributed by atoms with Crippen LogP contribution >= 0.6 is 27.3 Å². The van der Waals surface area contributed by atoms with Crippen LogP contribution in [0.2, 0.25) is 0 Å². The second-order valence-corrected chi connectivity index (χ2v) is 9.19. The number of thiophene rings is 1. The Labute approximate surface area is 120 Å². The fourth-order valence-corrected chi connectivity index (χ4v) is 5.88. The van der Waals surface area contributed by atoms with Gasteiger partial charge in [0.25, 0.3) is 10.0 Å². The third-order valence-corrected chi connectivity index (χ3v) is 7.32. The van der Waals surface area contributed by atoms with Crippen LogP contribution in [0.15, 0.2) is 20.1 Å². The van der Waals surface area contributed by atoms with E-state index in [-0.39, 0.29) is 6.04 Å². The highest BCUT2D eigenvalue weighted by atomic mass is 79.9. The Morgan fingerprint density at radius 2 is 2.06 bits per heavy atom. The summed E-state index contributed by atoms with van der Waals surface area (Å²) in [4.78, 5) is 0. The summed E-state index contributed by atoms with van der Waals surface area (Å²) in [6, 6.07) is 3.02. The van der Waals surface area contributed by atoms with Crippen molar-refractivity contribution in [2.45, 2.75) is 42.0 Å². The van der Waals surface area contributed by atoms with E-state index in [1.54, 1.807) is 19.2 Å². The molecule has 2 atom stereocenters. The first-order chi connectivity index (χ1) is 8.43. The minimum atomic E-state index is -3.49. The van der Waals surface area contributed by atoms with Gasteiger partial charge in [-0.05, 0) is 40.9 Å². The normalized spacial score (nSPS) is 25.6. The Bertz CT molecular complexity index is 514. The predicted molar refractivity (Wildman–Crippen MR) is 75.2 cm³/mol. The van der Waals surface area contributed by atoms with Crippen molar-refractivity contribution in [2.75, 3.05) is 7.05 Å². The maximum absolute atomic E-state index is 12.4. The van der Waals surface area contributed by atoms with Crippen LogP contribution in [-0.2, 0) is 10.0 Å². The highest BCUT2D eigenvalue weighted by molar-refractivity contribution is 9.11. The number of nitrogens with zero attached hydrogens (tertiary/aromatic N) is 1. The topological polar surface area (TPSA) is 57.6 Å². The first-order valence-corrected chi connectivity index (χ1v) is 8.89. The molecular formula is C11H16BrNO3S2. The number of halogens is 1. The zero-order valence-electron chi connectivity index (χ0n) is 10.0. The summed E-state index contributed by atoms with van der Waals surface area (Å²) in [6.45, 7) is 0. The van der Waals surface area contributed by atoms with E-state index in [4.69, 9.17) is 0 Å². The molecule has 1 aliphatic carbocycles. The molecule has 0 saturated heterocycles. The van der Waals surface area contributed by atoms with Gasteiger partial charge >= 0.3 is 0 Å². The van der Waals surface area contributed by atoms with Crippen molar-refractivity contribution >= 4 is 37.3 Å². The maximum atomic E-state index is 12.4. The minimum absolute atomic E-state index is 0.301. The lowest BCUT2D eigenvalue weighted by atomic mass is 9.93. The van der Waals surface area contributed by atoms with E-state index in [1.807, 2.05) is 0 Å². The Morgan fingerprint density at radius 1 is 1.39 bits per heavy atom. The standard InChI is InChI=1S/C11H16BrNO3S2/c1-13(8-4-2-3-5-9(8)14)18(15,16)11-7-6-10(12)17-11/h6-9,14H,2-5H2,1H3/t8-,9+/m1/s1. The van der Waals surface area contributed by atoms with Gasteiger partial charge in [0.1, 0.15) is 4.21 Å². The molecule has 0 aromatic carbocycles. The minimum Gasteiger partial charge on any atom is -0.391 e. The van der Waals surface area contributed by atoms with Crippen LogP contribution in [0.25, 0.3) is 0 Å². The van der Waals surface area contributed by atoms with Crippen LogP contribution in [0, 0.1) is 0 Å². The third-order valence-electron chi connectivity index (χ3n) is 3.34. The smallest absolute Gasteiger partial charge is 0.252 e. The second-order valence-electron chi connectivity index (χ2n) is 4.50. The summed E-state index contributed by atoms with van der Waals surface area (Å²) >= 11 is 4.46. The molecule has 0 radical (unpaired) electrons. The fraction of sp³-hybridized carbons (Fsp3) is 0.636. The maximum Gasteiger partial charge on any atom is 0.252 e.